The Bertz CT molecular complexity index is 589. The van der Waals surface area contributed by atoms with Crippen LogP contribution in [0.4, 0.5) is 0 Å². The summed E-state index contributed by atoms with van der Waals surface area (Å²) >= 11 is 0. The van der Waals surface area contributed by atoms with Gasteiger partial charge in [-0.25, -0.2) is 9.97 Å². The molecule has 0 bridgehead atoms. The third-order valence-corrected chi connectivity index (χ3v) is 2.89. The molecule has 0 aliphatic rings. The summed E-state index contributed by atoms with van der Waals surface area (Å²) in [5, 5.41) is 9.95. The van der Waals surface area contributed by atoms with E-state index in [1.54, 1.807) is 27.2 Å². The minimum absolute atomic E-state index is 0.415. The Morgan fingerprint density at radius 3 is 2.53 bits per heavy atom. The number of aliphatic hydroxyl groups is 1. The third-order valence-electron chi connectivity index (χ3n) is 2.89. The lowest BCUT2D eigenvalue weighted by Crippen LogP contribution is -2.19. The topological polar surface area (TPSA) is 55.2 Å². The van der Waals surface area contributed by atoms with Gasteiger partial charge in [0.25, 0.3) is 0 Å². The number of benzene rings is 1. The summed E-state index contributed by atoms with van der Waals surface area (Å²) in [6, 6.07) is 7.70. The third kappa shape index (κ3) is 2.90. The SMILES string of the molecule is COc1ccc(-c2ccnc(C(C)(C)O)n2)cc1C. The predicted molar refractivity (Wildman–Crippen MR) is 74.0 cm³/mol. The normalized spacial score (nSPS) is 11.4. The maximum absolute atomic E-state index is 9.95. The fourth-order valence-electron chi connectivity index (χ4n) is 1.85. The number of rotatable bonds is 3. The summed E-state index contributed by atoms with van der Waals surface area (Å²) in [6.07, 6.45) is 1.66. The zero-order chi connectivity index (χ0) is 14.0. The molecule has 19 heavy (non-hydrogen) atoms. The monoisotopic (exact) mass is 258 g/mol. The van der Waals surface area contributed by atoms with E-state index in [9.17, 15) is 5.11 Å². The maximum Gasteiger partial charge on any atom is 0.159 e. The molecule has 0 fully saturated rings. The van der Waals surface area contributed by atoms with E-state index in [-0.39, 0.29) is 0 Å². The summed E-state index contributed by atoms with van der Waals surface area (Å²) < 4.78 is 5.24. The first-order valence-electron chi connectivity index (χ1n) is 6.13. The van der Waals surface area contributed by atoms with Gasteiger partial charge in [-0.2, -0.15) is 0 Å². The van der Waals surface area contributed by atoms with Gasteiger partial charge < -0.3 is 9.84 Å². The second-order valence-corrected chi connectivity index (χ2v) is 5.01. The number of hydrogen-bond acceptors (Lipinski definition) is 4. The van der Waals surface area contributed by atoms with Gasteiger partial charge in [0, 0.05) is 11.8 Å². The van der Waals surface area contributed by atoms with Crippen LogP contribution in [0.1, 0.15) is 25.2 Å². The van der Waals surface area contributed by atoms with Crippen molar-refractivity contribution in [2.45, 2.75) is 26.4 Å². The van der Waals surface area contributed by atoms with Crippen molar-refractivity contribution in [3.8, 4) is 17.0 Å². The van der Waals surface area contributed by atoms with Crippen LogP contribution >= 0.6 is 0 Å². The molecule has 100 valence electrons. The van der Waals surface area contributed by atoms with Crippen molar-refractivity contribution in [3.05, 3.63) is 41.9 Å². The second-order valence-electron chi connectivity index (χ2n) is 5.01. The highest BCUT2D eigenvalue weighted by atomic mass is 16.5. The lowest BCUT2D eigenvalue weighted by Gasteiger charge is -2.16. The van der Waals surface area contributed by atoms with E-state index in [2.05, 4.69) is 9.97 Å². The van der Waals surface area contributed by atoms with Crippen molar-refractivity contribution in [1.29, 1.82) is 0 Å². The van der Waals surface area contributed by atoms with Crippen LogP contribution in [0.2, 0.25) is 0 Å². The van der Waals surface area contributed by atoms with Crippen molar-refractivity contribution >= 4 is 0 Å². The van der Waals surface area contributed by atoms with E-state index >= 15 is 0 Å². The minimum atomic E-state index is -1.04. The van der Waals surface area contributed by atoms with Gasteiger partial charge in [-0.15, -0.1) is 0 Å². The molecule has 0 amide bonds. The quantitative estimate of drug-likeness (QED) is 0.919. The molecule has 0 aliphatic carbocycles. The fourth-order valence-corrected chi connectivity index (χ4v) is 1.85. The van der Waals surface area contributed by atoms with Crippen LogP contribution in [0, 0.1) is 6.92 Å². The van der Waals surface area contributed by atoms with Gasteiger partial charge in [0.2, 0.25) is 0 Å². The van der Waals surface area contributed by atoms with Crippen LogP contribution in [0.3, 0.4) is 0 Å². The summed E-state index contributed by atoms with van der Waals surface area (Å²) in [4.78, 5) is 8.52. The molecule has 0 radical (unpaired) electrons. The van der Waals surface area contributed by atoms with Crippen LogP contribution < -0.4 is 4.74 Å². The molecule has 0 aliphatic heterocycles. The van der Waals surface area contributed by atoms with Crippen molar-refractivity contribution in [1.82, 2.24) is 9.97 Å². The molecule has 0 saturated carbocycles. The van der Waals surface area contributed by atoms with E-state index in [1.165, 1.54) is 0 Å². The summed E-state index contributed by atoms with van der Waals surface area (Å²) in [7, 11) is 1.65. The summed E-state index contributed by atoms with van der Waals surface area (Å²) in [6.45, 7) is 5.33. The lowest BCUT2D eigenvalue weighted by atomic mass is 10.1. The van der Waals surface area contributed by atoms with Crippen LogP contribution in [0.5, 0.6) is 5.75 Å². The largest absolute Gasteiger partial charge is 0.496 e. The highest BCUT2D eigenvalue weighted by Gasteiger charge is 2.20. The molecule has 2 aromatic rings. The zero-order valence-corrected chi connectivity index (χ0v) is 11.6. The Hall–Kier alpha value is -1.94. The molecule has 0 saturated heterocycles. The number of nitrogens with zero attached hydrogens (tertiary/aromatic N) is 2. The Kier molecular flexibility index (Phi) is 3.53. The van der Waals surface area contributed by atoms with Crippen molar-refractivity contribution < 1.29 is 9.84 Å². The molecule has 0 unspecified atom stereocenters. The highest BCUT2D eigenvalue weighted by molar-refractivity contribution is 5.61. The van der Waals surface area contributed by atoms with E-state index in [0.29, 0.717) is 5.82 Å². The van der Waals surface area contributed by atoms with Crippen molar-refractivity contribution in [2.24, 2.45) is 0 Å². The van der Waals surface area contributed by atoms with Crippen LogP contribution in [0.15, 0.2) is 30.5 Å². The molecular formula is C15H18N2O2. The molecule has 2 rings (SSSR count). The zero-order valence-electron chi connectivity index (χ0n) is 11.6. The van der Waals surface area contributed by atoms with Gasteiger partial charge >= 0.3 is 0 Å². The molecule has 4 heteroatoms. The number of ether oxygens (including phenoxy) is 1. The first-order valence-corrected chi connectivity index (χ1v) is 6.13. The fraction of sp³-hybridized carbons (Fsp3) is 0.333. The first kappa shape index (κ1) is 13.5. The van der Waals surface area contributed by atoms with Gasteiger partial charge in [-0.1, -0.05) is 0 Å². The smallest absolute Gasteiger partial charge is 0.159 e. The number of aryl methyl sites for hydroxylation is 1. The summed E-state index contributed by atoms with van der Waals surface area (Å²) in [5.41, 5.74) is 1.77. The standard InChI is InChI=1S/C15H18N2O2/c1-10-9-11(5-6-13(10)19-4)12-7-8-16-14(17-12)15(2,3)18/h5-9,18H,1-4H3. The molecule has 4 nitrogen and oxygen atoms in total. The number of aromatic nitrogens is 2. The van der Waals surface area contributed by atoms with Gasteiger partial charge in [0.1, 0.15) is 11.4 Å². The number of methoxy groups -OCH3 is 1. The average molecular weight is 258 g/mol. The van der Waals surface area contributed by atoms with E-state index in [4.69, 9.17) is 4.74 Å². The lowest BCUT2D eigenvalue weighted by molar-refractivity contribution is 0.0688. The maximum atomic E-state index is 9.95. The summed E-state index contributed by atoms with van der Waals surface area (Å²) in [5.74, 6) is 1.26. The van der Waals surface area contributed by atoms with Gasteiger partial charge in [0.15, 0.2) is 5.82 Å². The molecular weight excluding hydrogens is 240 g/mol. The van der Waals surface area contributed by atoms with Crippen LogP contribution in [-0.2, 0) is 5.60 Å². The number of hydrogen-bond donors (Lipinski definition) is 1. The Balaban J connectivity index is 2.45. The molecule has 1 heterocycles. The molecule has 1 aromatic carbocycles. The molecule has 1 aromatic heterocycles. The van der Waals surface area contributed by atoms with Crippen molar-refractivity contribution in [2.75, 3.05) is 7.11 Å². The van der Waals surface area contributed by atoms with E-state index < -0.39 is 5.60 Å². The second kappa shape index (κ2) is 4.97. The highest BCUT2D eigenvalue weighted by Crippen LogP contribution is 2.25. The van der Waals surface area contributed by atoms with Gasteiger partial charge in [-0.05, 0) is 50.6 Å². The Morgan fingerprint density at radius 1 is 1.21 bits per heavy atom. The van der Waals surface area contributed by atoms with Crippen LogP contribution in [-0.4, -0.2) is 22.2 Å². The Labute approximate surface area is 113 Å². The molecule has 1 N–H and O–H groups in total. The molecule has 0 spiro atoms. The van der Waals surface area contributed by atoms with Gasteiger partial charge in [0.05, 0.1) is 12.8 Å². The Morgan fingerprint density at radius 2 is 1.95 bits per heavy atom. The average Bonchev–Trinajstić information content (AvgIpc) is 2.38. The first-order chi connectivity index (χ1) is 8.91. The van der Waals surface area contributed by atoms with E-state index in [1.807, 2.05) is 31.2 Å². The van der Waals surface area contributed by atoms with E-state index in [0.717, 1.165) is 22.6 Å². The molecule has 0 atom stereocenters. The van der Waals surface area contributed by atoms with Gasteiger partial charge in [-0.3, -0.25) is 0 Å². The van der Waals surface area contributed by atoms with Crippen molar-refractivity contribution in [3.63, 3.8) is 0 Å². The van der Waals surface area contributed by atoms with Crippen LogP contribution in [0.25, 0.3) is 11.3 Å². The minimum Gasteiger partial charge on any atom is -0.496 e. The predicted octanol–water partition coefficient (Wildman–Crippen LogP) is 2.69.